The largest absolute Gasteiger partial charge is 0.354 e. The number of halogens is 1. The lowest BCUT2D eigenvalue weighted by atomic mass is 10.1. The van der Waals surface area contributed by atoms with E-state index in [1.54, 1.807) is 13.1 Å². The van der Waals surface area contributed by atoms with E-state index in [0.29, 0.717) is 18.2 Å². The van der Waals surface area contributed by atoms with Gasteiger partial charge in [-0.15, -0.1) is 24.0 Å². The summed E-state index contributed by atoms with van der Waals surface area (Å²) in [6.07, 6.45) is 1.05. The fraction of sp³-hybridized carbons (Fsp3) is 0.429. The second-order valence-corrected chi connectivity index (χ2v) is 4.19. The van der Waals surface area contributed by atoms with E-state index in [9.17, 15) is 0 Å². The molecule has 0 spiro atoms. The quantitative estimate of drug-likeness (QED) is 0.485. The van der Waals surface area contributed by atoms with Crippen molar-refractivity contribution in [1.29, 1.82) is 5.26 Å². The minimum atomic E-state index is 0. The number of nitriles is 1. The summed E-state index contributed by atoms with van der Waals surface area (Å²) in [5, 5.41) is 15.4. The van der Waals surface area contributed by atoms with Gasteiger partial charge in [-0.25, -0.2) is 0 Å². The number of hydrogen-bond acceptors (Lipinski definition) is 2. The molecule has 0 bridgehead atoms. The zero-order valence-electron chi connectivity index (χ0n) is 11.6. The van der Waals surface area contributed by atoms with Crippen molar-refractivity contribution in [3.63, 3.8) is 0 Å². The van der Waals surface area contributed by atoms with Crippen LogP contribution in [0.5, 0.6) is 0 Å². The highest BCUT2D eigenvalue weighted by atomic mass is 127. The number of rotatable bonds is 4. The monoisotopic (exact) mass is 372 g/mol. The van der Waals surface area contributed by atoms with Gasteiger partial charge in [-0.2, -0.15) is 5.26 Å². The summed E-state index contributed by atoms with van der Waals surface area (Å²) >= 11 is 0. The predicted molar refractivity (Wildman–Crippen MR) is 89.7 cm³/mol. The Hall–Kier alpha value is -1.29. The zero-order valence-corrected chi connectivity index (χ0v) is 13.9. The molecule has 0 radical (unpaired) electrons. The maximum atomic E-state index is 8.83. The highest BCUT2D eigenvalue weighted by Gasteiger charge is 2.02. The van der Waals surface area contributed by atoms with Crippen LogP contribution in [0.4, 0.5) is 0 Å². The van der Waals surface area contributed by atoms with Crippen LogP contribution >= 0.6 is 24.0 Å². The molecular weight excluding hydrogens is 351 g/mol. The Balaban J connectivity index is 0.00000324. The average Bonchev–Trinajstić information content (AvgIpc) is 2.43. The molecule has 0 amide bonds. The first-order valence-electron chi connectivity index (χ1n) is 6.15. The van der Waals surface area contributed by atoms with Gasteiger partial charge in [0.25, 0.3) is 0 Å². The van der Waals surface area contributed by atoms with Gasteiger partial charge in [0.15, 0.2) is 5.96 Å². The lowest BCUT2D eigenvalue weighted by Gasteiger charge is -2.16. The summed E-state index contributed by atoms with van der Waals surface area (Å²) < 4.78 is 0. The second-order valence-electron chi connectivity index (χ2n) is 4.19. The Labute approximate surface area is 132 Å². The molecule has 0 aliphatic rings. The van der Waals surface area contributed by atoms with Crippen molar-refractivity contribution in [3.8, 4) is 6.07 Å². The molecule has 104 valence electrons. The first-order valence-corrected chi connectivity index (χ1v) is 6.15. The van der Waals surface area contributed by atoms with Gasteiger partial charge in [0.1, 0.15) is 0 Å². The van der Waals surface area contributed by atoms with Gasteiger partial charge in [-0.1, -0.05) is 19.1 Å². The number of hydrogen-bond donors (Lipinski definition) is 2. The van der Waals surface area contributed by atoms with Gasteiger partial charge >= 0.3 is 0 Å². The molecule has 1 aromatic rings. The van der Waals surface area contributed by atoms with Crippen LogP contribution in [0.25, 0.3) is 0 Å². The second kappa shape index (κ2) is 9.62. The fourth-order valence-corrected chi connectivity index (χ4v) is 1.47. The van der Waals surface area contributed by atoms with Crippen molar-refractivity contribution in [2.45, 2.75) is 32.9 Å². The van der Waals surface area contributed by atoms with Gasteiger partial charge < -0.3 is 10.6 Å². The number of guanidine groups is 1. The van der Waals surface area contributed by atoms with E-state index in [-0.39, 0.29) is 24.0 Å². The number of benzene rings is 1. The average molecular weight is 372 g/mol. The van der Waals surface area contributed by atoms with E-state index in [4.69, 9.17) is 5.26 Å². The van der Waals surface area contributed by atoms with E-state index >= 15 is 0 Å². The van der Waals surface area contributed by atoms with Crippen LogP contribution in [-0.2, 0) is 6.54 Å². The van der Waals surface area contributed by atoms with Gasteiger partial charge in [0.2, 0.25) is 0 Å². The third-order valence-electron chi connectivity index (χ3n) is 2.74. The van der Waals surface area contributed by atoms with Crippen molar-refractivity contribution in [2.75, 3.05) is 7.05 Å². The topological polar surface area (TPSA) is 60.2 Å². The molecule has 4 nitrogen and oxygen atoms in total. The zero-order chi connectivity index (χ0) is 13.4. The van der Waals surface area contributed by atoms with Gasteiger partial charge in [-0.3, -0.25) is 4.99 Å². The highest BCUT2D eigenvalue weighted by Crippen LogP contribution is 2.03. The molecule has 0 aromatic heterocycles. The van der Waals surface area contributed by atoms with Crippen LogP contribution in [0.3, 0.4) is 0 Å². The van der Waals surface area contributed by atoms with E-state index in [1.165, 1.54) is 0 Å². The Bertz CT molecular complexity index is 451. The third kappa shape index (κ3) is 6.43. The maximum absolute atomic E-state index is 8.83. The summed E-state index contributed by atoms with van der Waals surface area (Å²) in [5.74, 6) is 0.784. The minimum Gasteiger partial charge on any atom is -0.354 e. The summed E-state index contributed by atoms with van der Waals surface area (Å²) in [6.45, 7) is 4.90. The van der Waals surface area contributed by atoms with Crippen LogP contribution in [0.2, 0.25) is 0 Å². The Kier molecular flexibility index (Phi) is 8.96. The van der Waals surface area contributed by atoms with Crippen molar-refractivity contribution >= 4 is 29.9 Å². The van der Waals surface area contributed by atoms with Crippen molar-refractivity contribution < 1.29 is 0 Å². The molecule has 2 N–H and O–H groups in total. The van der Waals surface area contributed by atoms with E-state index in [1.807, 2.05) is 18.2 Å². The molecule has 0 aliphatic heterocycles. The third-order valence-corrected chi connectivity index (χ3v) is 2.74. The maximum Gasteiger partial charge on any atom is 0.191 e. The number of nitrogens with zero attached hydrogens (tertiary/aromatic N) is 2. The summed E-state index contributed by atoms with van der Waals surface area (Å²) in [4.78, 5) is 4.16. The SMILES string of the molecule is CCC(C)NC(=NC)NCc1cccc(C#N)c1.I. The Morgan fingerprint density at radius 2 is 2.21 bits per heavy atom. The van der Waals surface area contributed by atoms with Crippen molar-refractivity contribution in [2.24, 2.45) is 4.99 Å². The molecule has 1 unspecified atom stereocenters. The summed E-state index contributed by atoms with van der Waals surface area (Å²) in [6, 6.07) is 10.1. The van der Waals surface area contributed by atoms with Crippen LogP contribution in [0.1, 0.15) is 31.4 Å². The number of nitrogens with one attached hydrogen (secondary N) is 2. The van der Waals surface area contributed by atoms with Crippen LogP contribution in [0, 0.1) is 11.3 Å². The van der Waals surface area contributed by atoms with Crippen LogP contribution in [0.15, 0.2) is 29.3 Å². The predicted octanol–water partition coefficient (Wildman–Crippen LogP) is 2.64. The first-order chi connectivity index (χ1) is 8.69. The summed E-state index contributed by atoms with van der Waals surface area (Å²) in [5.41, 5.74) is 1.75. The lowest BCUT2D eigenvalue weighted by molar-refractivity contribution is 0.624. The molecule has 1 atom stereocenters. The Morgan fingerprint density at radius 3 is 2.79 bits per heavy atom. The molecule has 0 aliphatic carbocycles. The molecular formula is C14H21IN4. The molecule has 1 rings (SSSR count). The first kappa shape index (κ1) is 17.7. The van der Waals surface area contributed by atoms with Crippen LogP contribution < -0.4 is 10.6 Å². The lowest BCUT2D eigenvalue weighted by Crippen LogP contribution is -2.41. The smallest absolute Gasteiger partial charge is 0.191 e. The van der Waals surface area contributed by atoms with Gasteiger partial charge in [0.05, 0.1) is 11.6 Å². The molecule has 0 saturated carbocycles. The van der Waals surface area contributed by atoms with E-state index < -0.39 is 0 Å². The molecule has 0 saturated heterocycles. The highest BCUT2D eigenvalue weighted by molar-refractivity contribution is 14.0. The standard InChI is InChI=1S/C14H20N4.HI/c1-4-11(2)18-14(16-3)17-10-13-7-5-6-12(8-13)9-15;/h5-8,11H,4,10H2,1-3H3,(H2,16,17,18);1H. The van der Waals surface area contributed by atoms with Gasteiger partial charge in [-0.05, 0) is 31.0 Å². The number of aliphatic imine (C=N–C) groups is 1. The van der Waals surface area contributed by atoms with E-state index in [2.05, 4.69) is 35.5 Å². The van der Waals surface area contributed by atoms with Crippen molar-refractivity contribution in [3.05, 3.63) is 35.4 Å². The minimum absolute atomic E-state index is 0. The molecule has 5 heteroatoms. The molecule has 1 aromatic carbocycles. The van der Waals surface area contributed by atoms with Crippen molar-refractivity contribution in [1.82, 2.24) is 10.6 Å². The normalized spacial score (nSPS) is 12.0. The fourth-order valence-electron chi connectivity index (χ4n) is 1.47. The molecule has 0 fully saturated rings. The van der Waals surface area contributed by atoms with Gasteiger partial charge in [0, 0.05) is 19.6 Å². The molecule has 19 heavy (non-hydrogen) atoms. The summed E-state index contributed by atoms with van der Waals surface area (Å²) in [7, 11) is 1.75. The molecule has 0 heterocycles. The van der Waals surface area contributed by atoms with Crippen LogP contribution in [-0.4, -0.2) is 19.0 Å². The Morgan fingerprint density at radius 1 is 1.47 bits per heavy atom. The van der Waals surface area contributed by atoms with E-state index in [0.717, 1.165) is 17.9 Å².